The van der Waals surface area contributed by atoms with Crippen LogP contribution in [0.25, 0.3) is 0 Å². The fourth-order valence-corrected chi connectivity index (χ4v) is 4.53. The number of hydrogen-bond acceptors (Lipinski definition) is 6. The monoisotopic (exact) mass is 553 g/mol. The molecule has 1 aliphatic heterocycles. The van der Waals surface area contributed by atoms with Gasteiger partial charge >= 0.3 is 0 Å². The van der Waals surface area contributed by atoms with Gasteiger partial charge in [0.2, 0.25) is 28.6 Å². The number of amides is 2. The maximum Gasteiger partial charge on any atom is 0.244 e. The Balaban J connectivity index is 1.90. The molecule has 2 aromatic carbocycles. The molecule has 2 aromatic rings. The van der Waals surface area contributed by atoms with E-state index in [4.69, 9.17) is 9.47 Å². The number of carbonyl (C=O) groups excluding carboxylic acids is 2. The minimum absolute atomic E-state index is 0.0417. The minimum Gasteiger partial charge on any atom is -0.454 e. The van der Waals surface area contributed by atoms with E-state index in [-0.39, 0.29) is 31.0 Å². The van der Waals surface area contributed by atoms with Crippen molar-refractivity contribution in [3.8, 4) is 11.5 Å². The average Bonchev–Trinajstić information content (AvgIpc) is 3.23. The molecule has 0 saturated carbocycles. The van der Waals surface area contributed by atoms with Gasteiger partial charge in [-0.15, -0.1) is 0 Å². The van der Waals surface area contributed by atoms with Crippen LogP contribution in [0.15, 0.2) is 46.9 Å². The van der Waals surface area contributed by atoms with E-state index in [0.717, 1.165) is 20.6 Å². The molecule has 0 fully saturated rings. The van der Waals surface area contributed by atoms with Gasteiger partial charge in [0.05, 0.1) is 11.9 Å². The van der Waals surface area contributed by atoms with Crippen LogP contribution < -0.4 is 19.1 Å². The Morgan fingerprint density at radius 1 is 1.06 bits per heavy atom. The van der Waals surface area contributed by atoms with Crippen LogP contribution in [0.3, 0.4) is 0 Å². The Morgan fingerprint density at radius 3 is 2.32 bits per heavy atom. The molecule has 11 heteroatoms. The standard InChI is InChI=1S/C23H28BrN3O6S/c1-15(2)25-23(29)16(3)26(12-17-5-7-18(24)8-6-17)22(28)13-27(34(4,30)31)19-9-10-20-21(11-19)33-14-32-20/h5-11,15-16H,12-14H2,1-4H3,(H,25,29). The SMILES string of the molecule is CC(C)NC(=O)C(C)N(Cc1ccc(Br)cc1)C(=O)CN(c1ccc2c(c1)OCO2)S(C)(=O)=O. The first-order valence-electron chi connectivity index (χ1n) is 10.7. The van der Waals surface area contributed by atoms with Crippen LogP contribution in [0.5, 0.6) is 11.5 Å². The average molecular weight is 554 g/mol. The molecule has 0 aromatic heterocycles. The topological polar surface area (TPSA) is 105 Å². The van der Waals surface area contributed by atoms with Gasteiger partial charge < -0.3 is 19.7 Å². The lowest BCUT2D eigenvalue weighted by molar-refractivity contribution is -0.139. The van der Waals surface area contributed by atoms with Gasteiger partial charge in [0.1, 0.15) is 12.6 Å². The highest BCUT2D eigenvalue weighted by Gasteiger charge is 2.31. The summed E-state index contributed by atoms with van der Waals surface area (Å²) in [5.74, 6) is 0.0567. The van der Waals surface area contributed by atoms with Crippen LogP contribution in [0.2, 0.25) is 0 Å². The number of halogens is 1. The first kappa shape index (κ1) is 25.8. The van der Waals surface area contributed by atoms with Gasteiger partial charge in [-0.3, -0.25) is 13.9 Å². The van der Waals surface area contributed by atoms with Gasteiger partial charge in [-0.1, -0.05) is 28.1 Å². The summed E-state index contributed by atoms with van der Waals surface area (Å²) in [7, 11) is -3.82. The largest absolute Gasteiger partial charge is 0.454 e. The number of anilines is 1. The molecule has 34 heavy (non-hydrogen) atoms. The van der Waals surface area contributed by atoms with Crippen molar-refractivity contribution >= 4 is 43.5 Å². The van der Waals surface area contributed by atoms with E-state index in [9.17, 15) is 18.0 Å². The summed E-state index contributed by atoms with van der Waals surface area (Å²) < 4.78 is 37.8. The fourth-order valence-electron chi connectivity index (χ4n) is 3.43. The van der Waals surface area contributed by atoms with Crippen molar-refractivity contribution in [2.75, 3.05) is 23.9 Å². The first-order valence-corrected chi connectivity index (χ1v) is 13.3. The van der Waals surface area contributed by atoms with E-state index in [1.54, 1.807) is 19.1 Å². The number of nitrogens with one attached hydrogen (secondary N) is 1. The molecule has 2 amide bonds. The number of nitrogens with zero attached hydrogens (tertiary/aromatic N) is 2. The summed E-state index contributed by atoms with van der Waals surface area (Å²) in [6.07, 6.45) is 1.03. The number of hydrogen-bond donors (Lipinski definition) is 1. The van der Waals surface area contributed by atoms with Crippen LogP contribution in [-0.4, -0.2) is 56.8 Å². The lowest BCUT2D eigenvalue weighted by Gasteiger charge is -2.32. The second-order valence-electron chi connectivity index (χ2n) is 8.29. The van der Waals surface area contributed by atoms with Crippen molar-refractivity contribution < 1.29 is 27.5 Å². The van der Waals surface area contributed by atoms with Gasteiger partial charge in [0, 0.05) is 23.1 Å². The van der Waals surface area contributed by atoms with E-state index in [0.29, 0.717) is 11.5 Å². The van der Waals surface area contributed by atoms with Crippen LogP contribution in [0.4, 0.5) is 5.69 Å². The van der Waals surface area contributed by atoms with Crippen molar-refractivity contribution in [1.29, 1.82) is 0 Å². The van der Waals surface area contributed by atoms with Crippen LogP contribution in [0, 0.1) is 0 Å². The highest BCUT2D eigenvalue weighted by molar-refractivity contribution is 9.10. The first-order chi connectivity index (χ1) is 16.0. The fraction of sp³-hybridized carbons (Fsp3) is 0.391. The van der Waals surface area contributed by atoms with E-state index in [1.165, 1.54) is 11.0 Å². The van der Waals surface area contributed by atoms with E-state index < -0.39 is 28.5 Å². The third-order valence-electron chi connectivity index (χ3n) is 5.19. The molecule has 1 aliphatic rings. The van der Waals surface area contributed by atoms with E-state index in [1.807, 2.05) is 38.1 Å². The van der Waals surface area contributed by atoms with Crippen molar-refractivity contribution in [2.45, 2.75) is 39.4 Å². The van der Waals surface area contributed by atoms with Crippen molar-refractivity contribution in [3.63, 3.8) is 0 Å². The number of rotatable bonds is 9. The van der Waals surface area contributed by atoms with Crippen LogP contribution >= 0.6 is 15.9 Å². The molecule has 0 radical (unpaired) electrons. The molecule has 0 spiro atoms. The lowest BCUT2D eigenvalue weighted by atomic mass is 10.1. The molecule has 3 rings (SSSR count). The molecule has 184 valence electrons. The van der Waals surface area contributed by atoms with Gasteiger partial charge in [-0.2, -0.15) is 0 Å². The van der Waals surface area contributed by atoms with Crippen molar-refractivity contribution in [3.05, 3.63) is 52.5 Å². The second-order valence-corrected chi connectivity index (χ2v) is 11.1. The van der Waals surface area contributed by atoms with Crippen LogP contribution in [-0.2, 0) is 26.2 Å². The summed E-state index contributed by atoms with van der Waals surface area (Å²) in [5.41, 5.74) is 1.07. The Kier molecular flexibility index (Phi) is 8.09. The number of sulfonamides is 1. The van der Waals surface area contributed by atoms with Crippen molar-refractivity contribution in [1.82, 2.24) is 10.2 Å². The molecule has 0 bridgehead atoms. The van der Waals surface area contributed by atoms with E-state index >= 15 is 0 Å². The normalized spacial score (nSPS) is 13.5. The zero-order valence-electron chi connectivity index (χ0n) is 19.4. The molecular formula is C23H28BrN3O6S. The zero-order valence-corrected chi connectivity index (χ0v) is 21.9. The Hall–Kier alpha value is -2.79. The number of carbonyl (C=O) groups is 2. The molecular weight excluding hydrogens is 526 g/mol. The Bertz CT molecular complexity index is 1150. The molecule has 1 atom stereocenters. The van der Waals surface area contributed by atoms with Gasteiger partial charge in [0.15, 0.2) is 11.5 Å². The smallest absolute Gasteiger partial charge is 0.244 e. The third-order valence-corrected chi connectivity index (χ3v) is 6.86. The maximum atomic E-state index is 13.5. The van der Waals surface area contributed by atoms with Crippen molar-refractivity contribution in [2.24, 2.45) is 0 Å². The second kappa shape index (κ2) is 10.6. The number of fused-ring (bicyclic) bond motifs is 1. The highest BCUT2D eigenvalue weighted by atomic mass is 79.9. The van der Waals surface area contributed by atoms with Crippen LogP contribution in [0.1, 0.15) is 26.3 Å². The molecule has 1 unspecified atom stereocenters. The third kappa shape index (κ3) is 6.41. The van der Waals surface area contributed by atoms with E-state index in [2.05, 4.69) is 21.2 Å². The van der Waals surface area contributed by atoms with Gasteiger partial charge in [-0.25, -0.2) is 8.42 Å². The number of benzene rings is 2. The summed E-state index contributed by atoms with van der Waals surface area (Å²) >= 11 is 3.38. The summed E-state index contributed by atoms with van der Waals surface area (Å²) in [6, 6.07) is 11.1. The predicted octanol–water partition coefficient (Wildman–Crippen LogP) is 2.89. The number of ether oxygens (including phenoxy) is 2. The minimum atomic E-state index is -3.82. The summed E-state index contributed by atoms with van der Waals surface area (Å²) in [6.45, 7) is 4.98. The van der Waals surface area contributed by atoms with Gasteiger partial charge in [-0.05, 0) is 50.6 Å². The molecule has 1 heterocycles. The predicted molar refractivity (Wildman–Crippen MR) is 132 cm³/mol. The Labute approximate surface area is 208 Å². The Morgan fingerprint density at radius 2 is 1.71 bits per heavy atom. The molecule has 9 nitrogen and oxygen atoms in total. The van der Waals surface area contributed by atoms with Gasteiger partial charge in [0.25, 0.3) is 0 Å². The summed E-state index contributed by atoms with van der Waals surface area (Å²) in [4.78, 5) is 27.6. The lowest BCUT2D eigenvalue weighted by Crippen LogP contribution is -2.52. The zero-order chi connectivity index (χ0) is 25.0. The summed E-state index contributed by atoms with van der Waals surface area (Å²) in [5, 5.41) is 2.81. The molecule has 1 N–H and O–H groups in total. The molecule has 0 saturated heterocycles. The molecule has 0 aliphatic carbocycles. The maximum absolute atomic E-state index is 13.5. The highest BCUT2D eigenvalue weighted by Crippen LogP contribution is 2.36. The quantitative estimate of drug-likeness (QED) is 0.511.